The Hall–Kier alpha value is -2.51. The second-order valence-electron chi connectivity index (χ2n) is 5.03. The van der Waals surface area contributed by atoms with Crippen molar-refractivity contribution in [3.05, 3.63) is 63.9 Å². The number of fused-ring (bicyclic) bond motifs is 1. The third kappa shape index (κ3) is 3.22. The van der Waals surface area contributed by atoms with Gasteiger partial charge >= 0.3 is 0 Å². The first-order valence-corrected chi connectivity index (χ1v) is 8.74. The number of aromatic amines is 1. The van der Waals surface area contributed by atoms with Gasteiger partial charge in [0.2, 0.25) is 5.56 Å². The fourth-order valence-corrected chi connectivity index (χ4v) is 3.59. The Kier molecular flexibility index (Phi) is 4.21. The van der Waals surface area contributed by atoms with E-state index in [2.05, 4.69) is 9.71 Å². The van der Waals surface area contributed by atoms with E-state index in [0.29, 0.717) is 27.4 Å². The molecule has 0 aliphatic heterocycles. The average molecular weight is 365 g/mol. The molecule has 2 aromatic carbocycles. The summed E-state index contributed by atoms with van der Waals surface area (Å²) in [5.74, 6) is 0.453. The Morgan fingerprint density at radius 2 is 1.88 bits per heavy atom. The molecule has 0 aliphatic carbocycles. The van der Waals surface area contributed by atoms with Crippen LogP contribution < -0.4 is 15.0 Å². The summed E-state index contributed by atoms with van der Waals surface area (Å²) in [4.78, 5) is 14.0. The third-order valence-electron chi connectivity index (χ3n) is 3.41. The van der Waals surface area contributed by atoms with Crippen molar-refractivity contribution in [2.75, 3.05) is 11.8 Å². The summed E-state index contributed by atoms with van der Waals surface area (Å²) < 4.78 is 32.5. The molecule has 24 heavy (non-hydrogen) atoms. The van der Waals surface area contributed by atoms with E-state index in [0.717, 1.165) is 0 Å². The number of hydrogen-bond acceptors (Lipinski definition) is 4. The Morgan fingerprint density at radius 1 is 1.08 bits per heavy atom. The average Bonchev–Trinajstić information content (AvgIpc) is 2.54. The predicted octanol–water partition coefficient (Wildman–Crippen LogP) is 2.99. The van der Waals surface area contributed by atoms with Crippen molar-refractivity contribution in [1.82, 2.24) is 4.98 Å². The van der Waals surface area contributed by atoms with Gasteiger partial charge in [-0.25, -0.2) is 8.42 Å². The van der Waals surface area contributed by atoms with E-state index in [1.54, 1.807) is 24.3 Å². The molecular weight excluding hydrogens is 352 g/mol. The van der Waals surface area contributed by atoms with Gasteiger partial charge in [0.15, 0.2) is 0 Å². The maximum atomic E-state index is 12.5. The van der Waals surface area contributed by atoms with Gasteiger partial charge in [0, 0.05) is 11.6 Å². The molecule has 8 heteroatoms. The number of aromatic nitrogens is 1. The quantitative estimate of drug-likeness (QED) is 0.744. The molecule has 0 saturated heterocycles. The number of H-pyrrole nitrogens is 1. The molecule has 3 aromatic rings. The molecule has 0 bridgehead atoms. The second-order valence-corrected chi connectivity index (χ2v) is 7.12. The zero-order chi connectivity index (χ0) is 17.3. The molecule has 0 radical (unpaired) electrons. The van der Waals surface area contributed by atoms with Gasteiger partial charge < -0.3 is 9.72 Å². The number of sulfonamides is 1. The molecule has 1 aromatic heterocycles. The first-order chi connectivity index (χ1) is 11.4. The van der Waals surface area contributed by atoms with E-state index >= 15 is 0 Å². The van der Waals surface area contributed by atoms with Crippen LogP contribution >= 0.6 is 11.6 Å². The van der Waals surface area contributed by atoms with Gasteiger partial charge in [-0.3, -0.25) is 9.52 Å². The van der Waals surface area contributed by atoms with Crippen LogP contribution in [-0.4, -0.2) is 20.5 Å². The van der Waals surface area contributed by atoms with Crippen LogP contribution in [0.3, 0.4) is 0 Å². The van der Waals surface area contributed by atoms with E-state index in [9.17, 15) is 13.2 Å². The molecule has 2 N–H and O–H groups in total. The van der Waals surface area contributed by atoms with E-state index < -0.39 is 10.0 Å². The highest BCUT2D eigenvalue weighted by Crippen LogP contribution is 2.28. The summed E-state index contributed by atoms with van der Waals surface area (Å²) in [6.07, 6.45) is 0. The van der Waals surface area contributed by atoms with Crippen LogP contribution in [0.4, 0.5) is 5.69 Å². The lowest BCUT2D eigenvalue weighted by molar-refractivity contribution is 0.415. The number of halogens is 1. The van der Waals surface area contributed by atoms with Crippen LogP contribution in [0.5, 0.6) is 5.75 Å². The van der Waals surface area contributed by atoms with Crippen molar-refractivity contribution in [3.8, 4) is 5.75 Å². The Balaban J connectivity index is 1.97. The predicted molar refractivity (Wildman–Crippen MR) is 93.4 cm³/mol. The molecule has 1 heterocycles. The number of benzene rings is 2. The SMILES string of the molecule is COc1ccc(NS(=O)(=O)c2ccc3[nH]c(=O)ccc3c2)cc1Cl. The summed E-state index contributed by atoms with van der Waals surface area (Å²) in [6, 6.07) is 12.0. The van der Waals surface area contributed by atoms with Crippen LogP contribution in [0.15, 0.2) is 58.2 Å². The van der Waals surface area contributed by atoms with E-state index in [1.807, 2.05) is 0 Å². The molecule has 0 aliphatic rings. The van der Waals surface area contributed by atoms with Crippen LogP contribution in [0.2, 0.25) is 5.02 Å². The fourth-order valence-electron chi connectivity index (χ4n) is 2.24. The van der Waals surface area contributed by atoms with Crippen molar-refractivity contribution in [2.45, 2.75) is 4.90 Å². The molecule has 6 nitrogen and oxygen atoms in total. The summed E-state index contributed by atoms with van der Waals surface area (Å²) in [5.41, 5.74) is 0.639. The van der Waals surface area contributed by atoms with Gasteiger partial charge in [-0.15, -0.1) is 0 Å². The zero-order valence-corrected chi connectivity index (χ0v) is 14.1. The largest absolute Gasteiger partial charge is 0.495 e. The van der Waals surface area contributed by atoms with Gasteiger partial charge in [0.1, 0.15) is 5.75 Å². The number of anilines is 1. The standard InChI is InChI=1S/C16H13ClN2O4S/c1-23-15-6-3-11(9-13(15)17)19-24(21,22)12-4-5-14-10(8-12)2-7-16(20)18-14/h2-9,19H,1H3,(H,18,20). The van der Waals surface area contributed by atoms with E-state index in [-0.39, 0.29) is 10.5 Å². The van der Waals surface area contributed by atoms with Gasteiger partial charge in [-0.2, -0.15) is 0 Å². The maximum absolute atomic E-state index is 12.5. The van der Waals surface area contributed by atoms with Crippen molar-refractivity contribution >= 4 is 38.2 Å². The minimum Gasteiger partial charge on any atom is -0.495 e. The number of methoxy groups -OCH3 is 1. The number of rotatable bonds is 4. The lowest BCUT2D eigenvalue weighted by Gasteiger charge is -2.10. The number of pyridine rings is 1. The monoisotopic (exact) mass is 364 g/mol. The Morgan fingerprint density at radius 3 is 2.58 bits per heavy atom. The summed E-state index contributed by atoms with van der Waals surface area (Å²) in [6.45, 7) is 0. The van der Waals surface area contributed by atoms with Gasteiger partial charge in [-0.05, 0) is 47.9 Å². The number of ether oxygens (including phenoxy) is 1. The zero-order valence-electron chi connectivity index (χ0n) is 12.5. The molecular formula is C16H13ClN2O4S. The van der Waals surface area contributed by atoms with Crippen molar-refractivity contribution in [2.24, 2.45) is 0 Å². The Labute approximate surface area is 143 Å². The van der Waals surface area contributed by atoms with Crippen LogP contribution in [0.25, 0.3) is 10.9 Å². The lowest BCUT2D eigenvalue weighted by atomic mass is 10.2. The smallest absolute Gasteiger partial charge is 0.261 e. The molecule has 0 unspecified atom stereocenters. The van der Waals surface area contributed by atoms with Crippen LogP contribution in [0.1, 0.15) is 0 Å². The molecule has 0 fully saturated rings. The highest BCUT2D eigenvalue weighted by Gasteiger charge is 2.15. The van der Waals surface area contributed by atoms with Crippen molar-refractivity contribution < 1.29 is 13.2 Å². The Bertz CT molecular complexity index is 1080. The van der Waals surface area contributed by atoms with E-state index in [4.69, 9.17) is 16.3 Å². The first kappa shape index (κ1) is 16.4. The van der Waals surface area contributed by atoms with Crippen molar-refractivity contribution in [3.63, 3.8) is 0 Å². The highest BCUT2D eigenvalue weighted by molar-refractivity contribution is 7.92. The maximum Gasteiger partial charge on any atom is 0.261 e. The van der Waals surface area contributed by atoms with Crippen LogP contribution in [0, 0.1) is 0 Å². The van der Waals surface area contributed by atoms with Crippen LogP contribution in [-0.2, 0) is 10.0 Å². The normalized spacial score (nSPS) is 11.4. The highest BCUT2D eigenvalue weighted by atomic mass is 35.5. The molecule has 124 valence electrons. The van der Waals surface area contributed by atoms with E-state index in [1.165, 1.54) is 31.4 Å². The first-order valence-electron chi connectivity index (χ1n) is 6.88. The lowest BCUT2D eigenvalue weighted by Crippen LogP contribution is -2.13. The second kappa shape index (κ2) is 6.18. The van der Waals surface area contributed by atoms with Crippen molar-refractivity contribution in [1.29, 1.82) is 0 Å². The summed E-state index contributed by atoms with van der Waals surface area (Å²) >= 11 is 6.00. The number of hydrogen-bond donors (Lipinski definition) is 2. The minimum absolute atomic E-state index is 0.0778. The third-order valence-corrected chi connectivity index (χ3v) is 5.08. The molecule has 0 amide bonds. The topological polar surface area (TPSA) is 88.3 Å². The number of nitrogens with one attached hydrogen (secondary N) is 2. The molecule has 3 rings (SSSR count). The molecule has 0 saturated carbocycles. The van der Waals surface area contributed by atoms with Gasteiger partial charge in [0.05, 0.1) is 22.7 Å². The summed E-state index contributed by atoms with van der Waals surface area (Å²) in [5, 5.41) is 0.916. The molecule has 0 spiro atoms. The fraction of sp³-hybridized carbons (Fsp3) is 0.0625. The van der Waals surface area contributed by atoms with Gasteiger partial charge in [-0.1, -0.05) is 11.6 Å². The molecule has 0 atom stereocenters. The van der Waals surface area contributed by atoms with Gasteiger partial charge in [0.25, 0.3) is 10.0 Å². The minimum atomic E-state index is -3.79. The summed E-state index contributed by atoms with van der Waals surface area (Å²) in [7, 11) is -2.32.